The minimum Gasteiger partial charge on any atom is -0.381 e. The molecule has 0 N–H and O–H groups in total. The van der Waals surface area contributed by atoms with Gasteiger partial charge in [-0.1, -0.05) is 43.9 Å². The van der Waals surface area contributed by atoms with E-state index in [1.807, 2.05) is 13.8 Å². The van der Waals surface area contributed by atoms with Crippen LogP contribution in [0.5, 0.6) is 0 Å². The molecule has 0 bridgehead atoms. The number of benzene rings is 1. The van der Waals surface area contributed by atoms with Crippen molar-refractivity contribution in [3.8, 4) is 11.8 Å². The number of alkyl halides is 3. The lowest BCUT2D eigenvalue weighted by Gasteiger charge is -2.07. The first-order valence-electron chi connectivity index (χ1n) is 10.7. The second kappa shape index (κ2) is 15.3. The van der Waals surface area contributed by atoms with Crippen LogP contribution >= 0.6 is 0 Å². The van der Waals surface area contributed by atoms with Crippen molar-refractivity contribution in [1.82, 2.24) is 0 Å². The maximum atomic E-state index is 12.5. The monoisotopic (exact) mass is 412 g/mol. The van der Waals surface area contributed by atoms with Crippen molar-refractivity contribution in [2.24, 2.45) is 0 Å². The summed E-state index contributed by atoms with van der Waals surface area (Å²) in [6, 6.07) is 5.02. The Morgan fingerprint density at radius 2 is 1.38 bits per heavy atom. The zero-order valence-electron chi connectivity index (χ0n) is 17.8. The Bertz CT molecular complexity index is 583. The van der Waals surface area contributed by atoms with Gasteiger partial charge in [0.15, 0.2) is 0 Å². The van der Waals surface area contributed by atoms with E-state index in [-0.39, 0.29) is 0 Å². The van der Waals surface area contributed by atoms with Crippen LogP contribution in [-0.4, -0.2) is 25.9 Å². The van der Waals surface area contributed by atoms with Crippen LogP contribution in [0.2, 0.25) is 0 Å². The highest BCUT2D eigenvalue weighted by molar-refractivity contribution is 5.36. The highest BCUT2D eigenvalue weighted by atomic mass is 19.4. The summed E-state index contributed by atoms with van der Waals surface area (Å²) in [5.74, 6) is 5.98. The fraction of sp³-hybridized carbons (Fsp3) is 0.667. The second-order valence-electron chi connectivity index (χ2n) is 7.49. The SMILES string of the molecule is CC(C)OCCCOCCCCCCCCCC#Cc1ccc(C(F)(F)F)cc1. The summed E-state index contributed by atoms with van der Waals surface area (Å²) in [6.07, 6.45) is 5.92. The molecule has 0 heterocycles. The molecule has 0 amide bonds. The molecule has 0 fully saturated rings. The zero-order chi connectivity index (χ0) is 21.4. The van der Waals surface area contributed by atoms with Gasteiger partial charge in [-0.15, -0.1) is 0 Å². The maximum Gasteiger partial charge on any atom is 0.416 e. The van der Waals surface area contributed by atoms with Crippen LogP contribution in [0, 0.1) is 11.8 Å². The number of hydrogen-bond donors (Lipinski definition) is 0. The Hall–Kier alpha value is -1.51. The van der Waals surface area contributed by atoms with Crippen molar-refractivity contribution in [1.29, 1.82) is 0 Å². The van der Waals surface area contributed by atoms with Crippen molar-refractivity contribution in [2.75, 3.05) is 19.8 Å². The molecular formula is C24H35F3O2. The summed E-state index contributed by atoms with van der Waals surface area (Å²) in [5.41, 5.74) is -0.00137. The zero-order valence-corrected chi connectivity index (χ0v) is 17.8. The van der Waals surface area contributed by atoms with Crippen LogP contribution in [0.4, 0.5) is 13.2 Å². The molecule has 0 radical (unpaired) electrons. The molecule has 5 heteroatoms. The fourth-order valence-corrected chi connectivity index (χ4v) is 2.79. The first-order chi connectivity index (χ1) is 13.9. The standard InChI is InChI=1S/C24H35F3O2/c1-21(2)29-20-12-19-28-18-11-9-7-5-3-4-6-8-10-13-22-14-16-23(17-15-22)24(25,26)27/h14-17,21H,3-9,11-12,18-20H2,1-2H3. The van der Waals surface area contributed by atoms with Gasteiger partial charge >= 0.3 is 6.18 Å². The lowest BCUT2D eigenvalue weighted by Crippen LogP contribution is -2.07. The molecule has 2 nitrogen and oxygen atoms in total. The molecule has 0 aliphatic heterocycles. The molecule has 1 aromatic rings. The average Bonchev–Trinajstić information content (AvgIpc) is 2.67. The van der Waals surface area contributed by atoms with Crippen molar-refractivity contribution in [3.63, 3.8) is 0 Å². The van der Waals surface area contributed by atoms with Gasteiger partial charge in [-0.25, -0.2) is 0 Å². The highest BCUT2D eigenvalue weighted by Gasteiger charge is 2.29. The topological polar surface area (TPSA) is 18.5 Å². The van der Waals surface area contributed by atoms with Crippen LogP contribution in [0.25, 0.3) is 0 Å². The lowest BCUT2D eigenvalue weighted by atomic mass is 10.1. The minimum atomic E-state index is -4.29. The third-order valence-corrected chi connectivity index (χ3v) is 4.42. The first kappa shape index (κ1) is 25.5. The number of halogens is 3. The minimum absolute atomic E-state index is 0.293. The fourth-order valence-electron chi connectivity index (χ4n) is 2.79. The molecule has 29 heavy (non-hydrogen) atoms. The van der Waals surface area contributed by atoms with E-state index in [0.717, 1.165) is 64.1 Å². The van der Waals surface area contributed by atoms with E-state index in [1.54, 1.807) is 0 Å². The lowest BCUT2D eigenvalue weighted by molar-refractivity contribution is -0.137. The molecule has 0 saturated carbocycles. The predicted molar refractivity (Wildman–Crippen MR) is 112 cm³/mol. The average molecular weight is 413 g/mol. The van der Waals surface area contributed by atoms with Crippen LogP contribution in [0.3, 0.4) is 0 Å². The van der Waals surface area contributed by atoms with Crippen LogP contribution in [0.1, 0.15) is 82.8 Å². The van der Waals surface area contributed by atoms with Gasteiger partial charge in [-0.05, 0) is 57.4 Å². The Morgan fingerprint density at radius 3 is 2.00 bits per heavy atom. The number of ether oxygens (including phenoxy) is 2. The Labute approximate surface area is 174 Å². The predicted octanol–water partition coefficient (Wildman–Crippen LogP) is 7.01. The highest BCUT2D eigenvalue weighted by Crippen LogP contribution is 2.28. The molecule has 0 spiro atoms. The van der Waals surface area contributed by atoms with E-state index in [2.05, 4.69) is 11.8 Å². The van der Waals surface area contributed by atoms with Gasteiger partial charge in [-0.3, -0.25) is 0 Å². The Kier molecular flexibility index (Phi) is 13.5. The third-order valence-electron chi connectivity index (χ3n) is 4.42. The van der Waals surface area contributed by atoms with E-state index < -0.39 is 11.7 Å². The summed E-state index contributed by atoms with van der Waals surface area (Å²) in [7, 11) is 0. The summed E-state index contributed by atoms with van der Waals surface area (Å²) >= 11 is 0. The molecule has 0 atom stereocenters. The first-order valence-corrected chi connectivity index (χ1v) is 10.7. The van der Waals surface area contributed by atoms with Gasteiger partial charge in [-0.2, -0.15) is 13.2 Å². The number of rotatable bonds is 14. The van der Waals surface area contributed by atoms with Gasteiger partial charge in [0.2, 0.25) is 0 Å². The van der Waals surface area contributed by atoms with E-state index in [1.165, 1.54) is 37.8 Å². The van der Waals surface area contributed by atoms with E-state index in [4.69, 9.17) is 9.47 Å². The molecule has 1 rings (SSSR count). The van der Waals surface area contributed by atoms with E-state index in [0.29, 0.717) is 11.7 Å². The van der Waals surface area contributed by atoms with E-state index >= 15 is 0 Å². The molecule has 0 aliphatic carbocycles. The Morgan fingerprint density at radius 1 is 0.793 bits per heavy atom. The largest absolute Gasteiger partial charge is 0.416 e. The molecule has 0 aliphatic rings. The molecular weight excluding hydrogens is 377 g/mol. The summed E-state index contributed by atoms with van der Waals surface area (Å²) in [5, 5.41) is 0. The second-order valence-corrected chi connectivity index (χ2v) is 7.49. The van der Waals surface area contributed by atoms with Crippen LogP contribution < -0.4 is 0 Å². The summed E-state index contributed by atoms with van der Waals surface area (Å²) < 4.78 is 48.5. The number of unbranched alkanes of at least 4 members (excludes halogenated alkanes) is 7. The van der Waals surface area contributed by atoms with Crippen LogP contribution in [0.15, 0.2) is 24.3 Å². The summed E-state index contributed by atoms with van der Waals surface area (Å²) in [6.45, 7) is 6.46. The van der Waals surface area contributed by atoms with Crippen molar-refractivity contribution < 1.29 is 22.6 Å². The van der Waals surface area contributed by atoms with Gasteiger partial charge in [0, 0.05) is 31.8 Å². The Balaban J connectivity index is 1.91. The van der Waals surface area contributed by atoms with E-state index in [9.17, 15) is 13.2 Å². The molecule has 0 aromatic heterocycles. The molecule has 164 valence electrons. The van der Waals surface area contributed by atoms with Gasteiger partial charge in [0.05, 0.1) is 11.7 Å². The van der Waals surface area contributed by atoms with Gasteiger partial charge in [0.25, 0.3) is 0 Å². The van der Waals surface area contributed by atoms with Crippen molar-refractivity contribution in [3.05, 3.63) is 35.4 Å². The smallest absolute Gasteiger partial charge is 0.381 e. The van der Waals surface area contributed by atoms with Crippen LogP contribution in [-0.2, 0) is 15.7 Å². The number of hydrogen-bond acceptors (Lipinski definition) is 2. The molecule has 0 saturated heterocycles. The summed E-state index contributed by atoms with van der Waals surface area (Å²) in [4.78, 5) is 0. The quantitative estimate of drug-likeness (QED) is 0.242. The molecule has 1 aromatic carbocycles. The van der Waals surface area contributed by atoms with Crippen molar-refractivity contribution in [2.45, 2.75) is 83.9 Å². The normalized spacial score (nSPS) is 11.5. The maximum absolute atomic E-state index is 12.5. The molecule has 0 unspecified atom stereocenters. The third kappa shape index (κ3) is 14.2. The van der Waals surface area contributed by atoms with Gasteiger partial charge < -0.3 is 9.47 Å². The van der Waals surface area contributed by atoms with Crippen molar-refractivity contribution >= 4 is 0 Å². The van der Waals surface area contributed by atoms with Gasteiger partial charge in [0.1, 0.15) is 0 Å².